The smallest absolute Gasteiger partial charge is 0.261 e. The van der Waals surface area contributed by atoms with Gasteiger partial charge in [-0.1, -0.05) is 43.7 Å². The summed E-state index contributed by atoms with van der Waals surface area (Å²) in [6, 6.07) is 13.7. The van der Waals surface area contributed by atoms with Crippen LogP contribution in [-0.4, -0.2) is 19.1 Å². The van der Waals surface area contributed by atoms with E-state index in [1.54, 1.807) is 7.11 Å². The molecule has 2 aromatic carbocycles. The fraction of sp³-hybridized carbons (Fsp3) is 0.409. The predicted octanol–water partition coefficient (Wildman–Crippen LogP) is 4.74. The lowest BCUT2D eigenvalue weighted by atomic mass is 10.0. The summed E-state index contributed by atoms with van der Waals surface area (Å²) in [5, 5.41) is 3.12. The van der Waals surface area contributed by atoms with Crippen molar-refractivity contribution in [3.05, 3.63) is 59.2 Å². The van der Waals surface area contributed by atoms with Gasteiger partial charge < -0.3 is 14.8 Å². The van der Waals surface area contributed by atoms with E-state index in [4.69, 9.17) is 9.47 Å². The summed E-state index contributed by atoms with van der Waals surface area (Å²) in [6.45, 7) is 8.06. The molecule has 0 aliphatic heterocycles. The molecule has 0 fully saturated rings. The number of nitrogens with one attached hydrogen (secondary N) is 1. The summed E-state index contributed by atoms with van der Waals surface area (Å²) in [7, 11) is 1.64. The molecule has 0 heterocycles. The average Bonchev–Trinajstić information content (AvgIpc) is 2.65. The van der Waals surface area contributed by atoms with E-state index in [1.165, 1.54) is 5.56 Å². The molecule has 2 atom stereocenters. The van der Waals surface area contributed by atoms with Crippen LogP contribution in [0.2, 0.25) is 0 Å². The average molecular weight is 355 g/mol. The number of hydrogen-bond donors (Lipinski definition) is 1. The molecular formula is C22H29NO3. The first kappa shape index (κ1) is 19.8. The number of amides is 1. The van der Waals surface area contributed by atoms with Crippen molar-refractivity contribution in [1.82, 2.24) is 5.32 Å². The van der Waals surface area contributed by atoms with Gasteiger partial charge in [-0.05, 0) is 56.0 Å². The zero-order valence-corrected chi connectivity index (χ0v) is 16.3. The molecule has 2 rings (SSSR count). The van der Waals surface area contributed by atoms with Crippen molar-refractivity contribution >= 4 is 5.91 Å². The molecule has 2 aromatic rings. The summed E-state index contributed by atoms with van der Waals surface area (Å²) < 4.78 is 11.2. The Kier molecular flexibility index (Phi) is 7.07. The molecular weight excluding hydrogens is 326 g/mol. The normalized spacial score (nSPS) is 13.0. The van der Waals surface area contributed by atoms with Gasteiger partial charge in [0.2, 0.25) is 0 Å². The molecule has 0 aliphatic rings. The Hall–Kier alpha value is -2.49. The molecule has 0 radical (unpaired) electrons. The molecule has 4 heteroatoms. The van der Waals surface area contributed by atoms with Crippen molar-refractivity contribution in [3.63, 3.8) is 0 Å². The Morgan fingerprint density at radius 1 is 1.04 bits per heavy atom. The predicted molar refractivity (Wildman–Crippen MR) is 105 cm³/mol. The second-order valence-electron chi connectivity index (χ2n) is 6.53. The highest BCUT2D eigenvalue weighted by atomic mass is 16.5. The van der Waals surface area contributed by atoms with E-state index in [0.717, 1.165) is 29.0 Å². The molecule has 0 spiro atoms. The standard InChI is InChI=1S/C22H29NO3/c1-6-19(17-9-11-18(25-5)12-10-17)23-22(24)20(7-2)26-21-13-8-15(3)14-16(21)4/h8-14,19-20H,6-7H2,1-5H3,(H,23,24)/t19-,20+/m0/s1. The SMILES string of the molecule is CC[C@H](NC(=O)[C@@H](CC)Oc1ccc(C)cc1C)c1ccc(OC)cc1. The maximum atomic E-state index is 12.8. The van der Waals surface area contributed by atoms with Gasteiger partial charge in [0, 0.05) is 0 Å². The zero-order valence-electron chi connectivity index (χ0n) is 16.3. The van der Waals surface area contributed by atoms with Gasteiger partial charge in [0.05, 0.1) is 13.2 Å². The Morgan fingerprint density at radius 3 is 2.27 bits per heavy atom. The third-order valence-corrected chi connectivity index (χ3v) is 4.51. The van der Waals surface area contributed by atoms with Crippen LogP contribution in [0.15, 0.2) is 42.5 Å². The van der Waals surface area contributed by atoms with Gasteiger partial charge in [-0.15, -0.1) is 0 Å². The van der Waals surface area contributed by atoms with E-state index in [-0.39, 0.29) is 11.9 Å². The first-order valence-electron chi connectivity index (χ1n) is 9.16. The Labute approximate surface area is 156 Å². The highest BCUT2D eigenvalue weighted by molar-refractivity contribution is 5.81. The minimum atomic E-state index is -0.510. The molecule has 140 valence electrons. The van der Waals surface area contributed by atoms with E-state index in [2.05, 4.69) is 18.3 Å². The number of carbonyl (C=O) groups excluding carboxylic acids is 1. The van der Waals surface area contributed by atoms with Gasteiger partial charge >= 0.3 is 0 Å². The molecule has 26 heavy (non-hydrogen) atoms. The molecule has 4 nitrogen and oxygen atoms in total. The largest absolute Gasteiger partial charge is 0.497 e. The third-order valence-electron chi connectivity index (χ3n) is 4.51. The number of methoxy groups -OCH3 is 1. The number of aryl methyl sites for hydroxylation is 2. The maximum absolute atomic E-state index is 12.8. The molecule has 1 N–H and O–H groups in total. The van der Waals surface area contributed by atoms with Gasteiger partial charge in [0.1, 0.15) is 11.5 Å². The summed E-state index contributed by atoms with van der Waals surface area (Å²) in [5.41, 5.74) is 3.28. The lowest BCUT2D eigenvalue weighted by Gasteiger charge is -2.23. The fourth-order valence-electron chi connectivity index (χ4n) is 2.93. The number of rotatable bonds is 8. The lowest BCUT2D eigenvalue weighted by molar-refractivity contribution is -0.129. The van der Waals surface area contributed by atoms with Crippen LogP contribution in [0, 0.1) is 13.8 Å². The number of ether oxygens (including phenoxy) is 2. The molecule has 0 aliphatic carbocycles. The van der Waals surface area contributed by atoms with Crippen molar-refractivity contribution in [3.8, 4) is 11.5 Å². The topological polar surface area (TPSA) is 47.6 Å². The summed E-state index contributed by atoms with van der Waals surface area (Å²) >= 11 is 0. The Morgan fingerprint density at radius 2 is 1.73 bits per heavy atom. The van der Waals surface area contributed by atoms with E-state index in [1.807, 2.05) is 57.2 Å². The zero-order chi connectivity index (χ0) is 19.1. The van der Waals surface area contributed by atoms with Gasteiger partial charge in [-0.25, -0.2) is 0 Å². The van der Waals surface area contributed by atoms with Crippen molar-refractivity contribution in [2.45, 2.75) is 52.7 Å². The third kappa shape index (κ3) is 5.01. The van der Waals surface area contributed by atoms with Gasteiger partial charge in [-0.2, -0.15) is 0 Å². The molecule has 0 saturated heterocycles. The summed E-state index contributed by atoms with van der Waals surface area (Å²) in [5.74, 6) is 1.48. The highest BCUT2D eigenvalue weighted by Gasteiger charge is 2.22. The van der Waals surface area contributed by atoms with Crippen LogP contribution in [0.3, 0.4) is 0 Å². The molecule has 1 amide bonds. The van der Waals surface area contributed by atoms with Crippen LogP contribution in [0.25, 0.3) is 0 Å². The van der Waals surface area contributed by atoms with Gasteiger partial charge in [-0.3, -0.25) is 4.79 Å². The van der Waals surface area contributed by atoms with Crippen molar-refractivity contribution in [2.75, 3.05) is 7.11 Å². The second-order valence-corrected chi connectivity index (χ2v) is 6.53. The Balaban J connectivity index is 2.08. The monoisotopic (exact) mass is 355 g/mol. The quantitative estimate of drug-likeness (QED) is 0.744. The number of carbonyl (C=O) groups is 1. The van der Waals surface area contributed by atoms with Crippen molar-refractivity contribution < 1.29 is 14.3 Å². The second kappa shape index (κ2) is 9.27. The highest BCUT2D eigenvalue weighted by Crippen LogP contribution is 2.23. The van der Waals surface area contributed by atoms with E-state index in [9.17, 15) is 4.79 Å². The first-order chi connectivity index (χ1) is 12.5. The van der Waals surface area contributed by atoms with Crippen LogP contribution in [0.4, 0.5) is 0 Å². The minimum Gasteiger partial charge on any atom is -0.497 e. The maximum Gasteiger partial charge on any atom is 0.261 e. The van der Waals surface area contributed by atoms with Crippen LogP contribution < -0.4 is 14.8 Å². The van der Waals surface area contributed by atoms with Gasteiger partial charge in [0.25, 0.3) is 5.91 Å². The van der Waals surface area contributed by atoms with E-state index >= 15 is 0 Å². The number of benzene rings is 2. The summed E-state index contributed by atoms with van der Waals surface area (Å²) in [4.78, 5) is 12.8. The van der Waals surface area contributed by atoms with Crippen LogP contribution in [0.5, 0.6) is 11.5 Å². The first-order valence-corrected chi connectivity index (χ1v) is 9.16. The Bertz CT molecular complexity index is 725. The number of hydrogen-bond acceptors (Lipinski definition) is 3. The van der Waals surface area contributed by atoms with E-state index in [0.29, 0.717) is 6.42 Å². The molecule has 0 saturated carbocycles. The molecule has 0 aromatic heterocycles. The van der Waals surface area contributed by atoms with Crippen LogP contribution in [0.1, 0.15) is 49.4 Å². The fourth-order valence-corrected chi connectivity index (χ4v) is 2.93. The van der Waals surface area contributed by atoms with E-state index < -0.39 is 6.10 Å². The van der Waals surface area contributed by atoms with Crippen molar-refractivity contribution in [1.29, 1.82) is 0 Å². The van der Waals surface area contributed by atoms with Crippen LogP contribution >= 0.6 is 0 Å². The molecule has 0 unspecified atom stereocenters. The van der Waals surface area contributed by atoms with Gasteiger partial charge in [0.15, 0.2) is 6.10 Å². The van der Waals surface area contributed by atoms with Crippen molar-refractivity contribution in [2.24, 2.45) is 0 Å². The minimum absolute atomic E-state index is 0.0508. The summed E-state index contributed by atoms with van der Waals surface area (Å²) in [6.07, 6.45) is 0.902. The lowest BCUT2D eigenvalue weighted by Crippen LogP contribution is -2.40. The molecule has 0 bridgehead atoms. The van der Waals surface area contributed by atoms with Crippen LogP contribution in [-0.2, 0) is 4.79 Å².